The third-order valence-electron chi connectivity index (χ3n) is 8.44. The van der Waals surface area contributed by atoms with Crippen LogP contribution in [0, 0.1) is 17.1 Å². The minimum absolute atomic E-state index is 0.0410. The van der Waals surface area contributed by atoms with Crippen LogP contribution in [0.1, 0.15) is 40.0 Å². The van der Waals surface area contributed by atoms with Gasteiger partial charge in [-0.25, -0.2) is 9.18 Å². The lowest BCUT2D eigenvalue weighted by Crippen LogP contribution is -2.56. The Kier molecular flexibility index (Phi) is 8.81. The molecule has 0 spiro atoms. The van der Waals surface area contributed by atoms with Gasteiger partial charge < -0.3 is 24.2 Å². The van der Waals surface area contributed by atoms with Crippen molar-refractivity contribution in [1.29, 1.82) is 5.26 Å². The number of pyridine rings is 2. The van der Waals surface area contributed by atoms with Crippen LogP contribution < -0.4 is 9.64 Å². The second-order valence-corrected chi connectivity index (χ2v) is 13.2. The Morgan fingerprint density at radius 3 is 2.72 bits per heavy atom. The molecule has 0 aliphatic carbocycles. The molecule has 240 valence electrons. The molecule has 4 aromatic rings. The fourth-order valence-corrected chi connectivity index (χ4v) is 6.42. The molecule has 2 atom stereocenters. The van der Waals surface area contributed by atoms with Crippen LogP contribution in [-0.4, -0.2) is 93.3 Å². The highest BCUT2D eigenvalue weighted by atomic mass is 35.5. The van der Waals surface area contributed by atoms with Crippen LogP contribution in [-0.2, 0) is 4.74 Å². The number of amides is 1. The molecule has 11 nitrogen and oxygen atoms in total. The van der Waals surface area contributed by atoms with E-state index >= 15 is 4.39 Å². The molecule has 0 radical (unpaired) electrons. The summed E-state index contributed by atoms with van der Waals surface area (Å²) in [4.78, 5) is 36.9. The lowest BCUT2D eigenvalue weighted by molar-refractivity contribution is 0.0145. The highest BCUT2D eigenvalue weighted by Crippen LogP contribution is 2.37. The summed E-state index contributed by atoms with van der Waals surface area (Å²) in [5.74, 6) is -0.238. The molecule has 0 saturated carbocycles. The smallest absolute Gasteiger partial charge is 0.410 e. The van der Waals surface area contributed by atoms with Crippen molar-refractivity contribution < 1.29 is 18.7 Å². The Labute approximate surface area is 271 Å². The van der Waals surface area contributed by atoms with Gasteiger partial charge in [0.2, 0.25) is 0 Å². The maximum absolute atomic E-state index is 16.6. The Morgan fingerprint density at radius 1 is 1.15 bits per heavy atom. The van der Waals surface area contributed by atoms with Crippen molar-refractivity contribution >= 4 is 45.2 Å². The normalized spacial score (nSPS) is 19.1. The molecule has 2 saturated heterocycles. The molecule has 2 fully saturated rings. The maximum atomic E-state index is 16.6. The molecule has 13 heteroatoms. The summed E-state index contributed by atoms with van der Waals surface area (Å²) in [5.41, 5.74) is -0.140. The zero-order chi connectivity index (χ0) is 32.6. The second kappa shape index (κ2) is 12.8. The van der Waals surface area contributed by atoms with Crippen molar-refractivity contribution in [2.24, 2.45) is 0 Å². The number of hydrogen-bond acceptors (Lipinski definition) is 10. The summed E-state index contributed by atoms with van der Waals surface area (Å²) in [7, 11) is 2.05. The van der Waals surface area contributed by atoms with Gasteiger partial charge in [-0.05, 0) is 53.3 Å². The fourth-order valence-electron chi connectivity index (χ4n) is 6.13. The number of carbonyl (C=O) groups excluding carboxylic acids is 1. The quantitative estimate of drug-likeness (QED) is 0.252. The largest absolute Gasteiger partial charge is 0.462 e. The van der Waals surface area contributed by atoms with Gasteiger partial charge in [0.05, 0.1) is 23.9 Å². The predicted molar refractivity (Wildman–Crippen MR) is 173 cm³/mol. The van der Waals surface area contributed by atoms with E-state index in [0.717, 1.165) is 24.8 Å². The van der Waals surface area contributed by atoms with Crippen molar-refractivity contribution in [3.8, 4) is 23.3 Å². The molecule has 1 amide bonds. The zero-order valence-corrected chi connectivity index (χ0v) is 27.1. The first-order valence-electron chi connectivity index (χ1n) is 15.4. The Morgan fingerprint density at radius 2 is 1.98 bits per heavy atom. The summed E-state index contributed by atoms with van der Waals surface area (Å²) >= 11 is 6.56. The number of anilines is 1. The van der Waals surface area contributed by atoms with E-state index in [1.807, 2.05) is 24.1 Å². The number of benzene rings is 1. The SMILES string of the molecule is CN1CCC[C@H]1COc1nc(N2CCN(C(=O)OC(C)(C)C)[C@@H](CC#N)C2)c2cnc(-c3cncc4cccc(Cl)c34)c(F)c2n1. The minimum Gasteiger partial charge on any atom is -0.462 e. The van der Waals surface area contributed by atoms with E-state index in [2.05, 4.69) is 25.9 Å². The number of fused-ring (bicyclic) bond motifs is 2. The van der Waals surface area contributed by atoms with Crippen molar-refractivity contribution in [3.05, 3.63) is 47.6 Å². The molecule has 0 unspecified atom stereocenters. The number of hydrogen-bond donors (Lipinski definition) is 0. The molecule has 5 heterocycles. The first kappa shape index (κ1) is 31.6. The van der Waals surface area contributed by atoms with Gasteiger partial charge in [0.25, 0.3) is 0 Å². The van der Waals surface area contributed by atoms with Gasteiger partial charge in [-0.15, -0.1) is 0 Å². The van der Waals surface area contributed by atoms with E-state index in [1.165, 1.54) is 0 Å². The van der Waals surface area contributed by atoms with E-state index in [-0.39, 0.29) is 42.8 Å². The zero-order valence-electron chi connectivity index (χ0n) is 26.3. The summed E-state index contributed by atoms with van der Waals surface area (Å²) < 4.78 is 28.4. The summed E-state index contributed by atoms with van der Waals surface area (Å²) in [5, 5.41) is 11.8. The Balaban J connectivity index is 1.42. The maximum Gasteiger partial charge on any atom is 0.410 e. The molecular formula is C33H36ClFN8O3. The van der Waals surface area contributed by atoms with E-state index in [1.54, 1.807) is 50.3 Å². The van der Waals surface area contributed by atoms with Crippen LogP contribution in [0.2, 0.25) is 5.02 Å². The summed E-state index contributed by atoms with van der Waals surface area (Å²) in [6.07, 6.45) is 6.42. The number of likely N-dealkylation sites (N-methyl/N-ethyl adjacent to an activating group) is 1. The summed E-state index contributed by atoms with van der Waals surface area (Å²) in [6.45, 7) is 7.66. The van der Waals surface area contributed by atoms with Crippen molar-refractivity contribution in [3.63, 3.8) is 0 Å². The van der Waals surface area contributed by atoms with Crippen LogP contribution in [0.3, 0.4) is 0 Å². The summed E-state index contributed by atoms with van der Waals surface area (Å²) in [6, 6.07) is 7.36. The van der Waals surface area contributed by atoms with Gasteiger partial charge in [0.1, 0.15) is 29.2 Å². The minimum atomic E-state index is -0.682. The third-order valence-corrected chi connectivity index (χ3v) is 8.76. The van der Waals surface area contributed by atoms with Gasteiger partial charge in [0, 0.05) is 65.6 Å². The molecule has 46 heavy (non-hydrogen) atoms. The van der Waals surface area contributed by atoms with Crippen molar-refractivity contribution in [2.45, 2.75) is 57.7 Å². The highest BCUT2D eigenvalue weighted by Gasteiger charge is 2.35. The first-order chi connectivity index (χ1) is 22.0. The van der Waals surface area contributed by atoms with E-state index in [0.29, 0.717) is 40.3 Å². The third kappa shape index (κ3) is 6.34. The van der Waals surface area contributed by atoms with E-state index in [9.17, 15) is 10.1 Å². The van der Waals surface area contributed by atoms with Gasteiger partial charge in [-0.3, -0.25) is 9.97 Å². The molecule has 2 aliphatic heterocycles. The molecule has 6 rings (SSSR count). The van der Waals surface area contributed by atoms with Crippen LogP contribution in [0.25, 0.3) is 32.9 Å². The molecule has 2 aliphatic rings. The number of likely N-dealkylation sites (tertiary alicyclic amines) is 1. The average molecular weight is 647 g/mol. The van der Waals surface area contributed by atoms with E-state index in [4.69, 9.17) is 26.1 Å². The molecular weight excluding hydrogens is 611 g/mol. The first-order valence-corrected chi connectivity index (χ1v) is 15.7. The molecule has 0 N–H and O–H groups in total. The number of ether oxygens (including phenoxy) is 2. The van der Waals surface area contributed by atoms with E-state index < -0.39 is 23.6 Å². The van der Waals surface area contributed by atoms with Gasteiger partial charge >= 0.3 is 12.1 Å². The standard InChI is InChI=1S/C33H36ClFN8O3/c1-33(2,3)46-32(44)43-14-13-42(18-21(43)10-11-36)30-24-17-38-28(23-16-37-15-20-7-5-9-25(34)26(20)23)27(35)29(24)39-31(40-30)45-19-22-8-6-12-41(22)4/h5,7,9,15-17,21-22H,6,8,10,12-14,18-19H2,1-4H3/t21-,22-/m0/s1. The number of rotatable bonds is 6. The van der Waals surface area contributed by atoms with Crippen LogP contribution in [0.15, 0.2) is 36.8 Å². The number of nitrogens with zero attached hydrogens (tertiary/aromatic N) is 8. The monoisotopic (exact) mass is 646 g/mol. The number of nitriles is 1. The number of aromatic nitrogens is 4. The lowest BCUT2D eigenvalue weighted by Gasteiger charge is -2.41. The number of piperazine rings is 1. The van der Waals surface area contributed by atoms with Crippen LogP contribution in [0.4, 0.5) is 15.0 Å². The Hall–Kier alpha value is -4.34. The fraction of sp³-hybridized carbons (Fsp3) is 0.455. The predicted octanol–water partition coefficient (Wildman–Crippen LogP) is 5.84. The van der Waals surface area contributed by atoms with Crippen molar-refractivity contribution in [1.82, 2.24) is 29.7 Å². The lowest BCUT2D eigenvalue weighted by atomic mass is 10.0. The molecule has 3 aromatic heterocycles. The highest BCUT2D eigenvalue weighted by molar-refractivity contribution is 6.36. The van der Waals surface area contributed by atoms with Crippen LogP contribution in [0.5, 0.6) is 6.01 Å². The van der Waals surface area contributed by atoms with Crippen LogP contribution >= 0.6 is 11.6 Å². The average Bonchev–Trinajstić information content (AvgIpc) is 3.43. The van der Waals surface area contributed by atoms with Gasteiger partial charge in [-0.2, -0.15) is 15.2 Å². The molecule has 1 aromatic carbocycles. The van der Waals surface area contributed by atoms with Crippen molar-refractivity contribution in [2.75, 3.05) is 44.7 Å². The van der Waals surface area contributed by atoms with Gasteiger partial charge in [-0.1, -0.05) is 23.7 Å². The number of carbonyl (C=O) groups is 1. The topological polar surface area (TPSA) is 121 Å². The Bertz CT molecular complexity index is 1820. The van der Waals surface area contributed by atoms with Gasteiger partial charge in [0.15, 0.2) is 5.82 Å². The molecule has 0 bridgehead atoms. The second-order valence-electron chi connectivity index (χ2n) is 12.8. The number of halogens is 2.